The van der Waals surface area contributed by atoms with Crippen molar-refractivity contribution in [1.29, 1.82) is 0 Å². The van der Waals surface area contributed by atoms with Crippen molar-refractivity contribution in [3.8, 4) is 0 Å². The molecule has 4 N–H and O–H groups in total. The van der Waals surface area contributed by atoms with Crippen molar-refractivity contribution in [3.63, 3.8) is 0 Å². The van der Waals surface area contributed by atoms with Crippen LogP contribution in [0.15, 0.2) is 13.2 Å². The topological polar surface area (TPSA) is 106 Å². The minimum Gasteiger partial charge on any atom is -0.412 e. The molecule has 8 heavy (non-hydrogen) atoms. The van der Waals surface area contributed by atoms with Crippen LogP contribution in [-0.4, -0.2) is 16.0 Å². The average Bonchev–Trinajstić information content (AvgIpc) is 1.81. The molecule has 0 spiro atoms. The Morgan fingerprint density at radius 2 is 1.00 bits per heavy atom. The Bertz CT molecular complexity index is 9.64. The molecule has 0 aliphatic carbocycles. The Morgan fingerprint density at radius 1 is 1.00 bits per heavy atom. The van der Waals surface area contributed by atoms with Crippen LogP contribution >= 0.6 is 0 Å². The first-order valence-corrected chi connectivity index (χ1v) is 0.867. The highest BCUT2D eigenvalue weighted by Gasteiger charge is 0.746. The van der Waals surface area contributed by atoms with Crippen LogP contribution in [0.25, 0.3) is 0 Å². The van der Waals surface area contributed by atoms with E-state index in [4.69, 9.17) is 20.4 Å². The largest absolute Gasteiger partial charge is 0.412 e. The third kappa shape index (κ3) is 153. The Morgan fingerprint density at radius 3 is 1.00 bits per heavy atom. The summed E-state index contributed by atoms with van der Waals surface area (Å²) in [5.41, 5.74) is 0. The molecular weight excluding hydrogens is 116 g/mol. The van der Waals surface area contributed by atoms with Crippen molar-refractivity contribution in [2.24, 2.45) is 0 Å². The van der Waals surface area contributed by atoms with Crippen molar-refractivity contribution in [2.75, 3.05) is 0 Å². The van der Waals surface area contributed by atoms with Crippen molar-refractivity contribution in [2.45, 2.75) is 7.43 Å². The Hall–Kier alpha value is -0.780. The first kappa shape index (κ1) is 56.7. The van der Waals surface area contributed by atoms with E-state index in [0.717, 1.165) is 0 Å². The second-order valence-electron chi connectivity index (χ2n) is 0. The Kier molecular flexibility index (Phi) is 1970. The van der Waals surface area contributed by atoms with Crippen molar-refractivity contribution in [1.82, 2.24) is 0 Å². The summed E-state index contributed by atoms with van der Waals surface area (Å²) < 4.78 is 0. The standard InChI is InChI=1S/C2H4.CH4.H2O2.O2.H2O/c1-2;;2*1-2;/h1-2H2;1H4;1-2H;;1H2. The van der Waals surface area contributed by atoms with Crippen LogP contribution in [0.5, 0.6) is 0 Å². The highest BCUT2D eigenvalue weighted by atomic mass is 17.0. The molecule has 0 aromatic rings. The first-order valence-electron chi connectivity index (χ1n) is 0.867. The molecule has 0 radical (unpaired) electrons. The summed E-state index contributed by atoms with van der Waals surface area (Å²) in [4.78, 5) is 14.0. The molecule has 0 fully saturated rings. The van der Waals surface area contributed by atoms with Crippen LogP contribution in [0, 0.1) is 9.93 Å². The van der Waals surface area contributed by atoms with Gasteiger partial charge in [0.1, 0.15) is 0 Å². The van der Waals surface area contributed by atoms with Gasteiger partial charge in [0.2, 0.25) is 0 Å². The molecule has 5 heteroatoms. The summed E-state index contributed by atoms with van der Waals surface area (Å²) in [6.07, 6.45) is 0. The predicted octanol–water partition coefficient (Wildman–Crippen LogP) is 0.698. The molecule has 0 saturated heterocycles. The van der Waals surface area contributed by atoms with E-state index in [1.807, 2.05) is 0 Å². The van der Waals surface area contributed by atoms with Gasteiger partial charge in [-0.15, -0.1) is 13.2 Å². The maximum atomic E-state index is 7.00. The molecule has 5 nitrogen and oxygen atoms in total. The van der Waals surface area contributed by atoms with E-state index < -0.39 is 0 Å². The van der Waals surface area contributed by atoms with Gasteiger partial charge in [0.15, 0.2) is 0 Å². The van der Waals surface area contributed by atoms with E-state index in [-0.39, 0.29) is 12.9 Å². The van der Waals surface area contributed by atoms with Gasteiger partial charge in [-0.25, -0.2) is 0 Å². The summed E-state index contributed by atoms with van der Waals surface area (Å²) in [5.74, 6) is 0. The zero-order valence-corrected chi connectivity index (χ0v) is 3.63. The van der Waals surface area contributed by atoms with Crippen LogP contribution in [-0.2, 0) is 0 Å². The van der Waals surface area contributed by atoms with Crippen LogP contribution < -0.4 is 0 Å². The molecule has 0 unspecified atom stereocenters. The smallest absolute Gasteiger partial charge is 0 e. The van der Waals surface area contributed by atoms with Gasteiger partial charge >= 0.3 is 0 Å². The van der Waals surface area contributed by atoms with E-state index in [2.05, 4.69) is 13.2 Å². The predicted molar refractivity (Wildman–Crippen MR) is 33.6 cm³/mol. The lowest BCUT2D eigenvalue weighted by Crippen LogP contribution is -1.29. The number of rotatable bonds is 0. The lowest BCUT2D eigenvalue weighted by Gasteiger charge is -1.25. The quantitative estimate of drug-likeness (QED) is 0.284. The van der Waals surface area contributed by atoms with Gasteiger partial charge in [0.25, 0.3) is 0 Å². The van der Waals surface area contributed by atoms with Gasteiger partial charge in [-0.05, 0) is 0 Å². The highest BCUT2D eigenvalue weighted by molar-refractivity contribution is 4.22. The maximum absolute atomic E-state index is 7.00. The second-order valence-corrected chi connectivity index (χ2v) is 0. The summed E-state index contributed by atoms with van der Waals surface area (Å²) in [6, 6.07) is 0. The fraction of sp³-hybridized carbons (Fsp3) is 0.333. The molecule has 0 atom stereocenters. The summed E-state index contributed by atoms with van der Waals surface area (Å²) >= 11 is 0. The van der Waals surface area contributed by atoms with Crippen LogP contribution in [0.4, 0.5) is 0 Å². The molecule has 54 valence electrons. The monoisotopic (exact) mass is 128 g/mol. The molecule has 0 amide bonds. The normalized spacial score (nSPS) is 1.75. The van der Waals surface area contributed by atoms with Gasteiger partial charge in [0.05, 0.1) is 0 Å². The second kappa shape index (κ2) is 279. The molecule has 0 aromatic heterocycles. The number of hydrogen-bond donors (Lipinski definition) is 2. The SMILES string of the molecule is C.C=C.O.O=O.OO. The van der Waals surface area contributed by atoms with Gasteiger partial charge in [-0.3, -0.25) is 10.5 Å². The zero-order valence-electron chi connectivity index (χ0n) is 3.63. The summed E-state index contributed by atoms with van der Waals surface area (Å²) in [7, 11) is 0. The molecule has 0 heterocycles. The molecule has 0 rings (SSSR count). The maximum Gasteiger partial charge on any atom is 0 e. The van der Waals surface area contributed by atoms with Crippen molar-refractivity contribution >= 4 is 0 Å². The van der Waals surface area contributed by atoms with E-state index in [9.17, 15) is 0 Å². The third-order valence-electron chi connectivity index (χ3n) is 0. The Labute approximate surface area is 47.7 Å². The van der Waals surface area contributed by atoms with Crippen LogP contribution in [0.3, 0.4) is 0 Å². The van der Waals surface area contributed by atoms with Gasteiger partial charge in [-0.2, -0.15) is 0 Å². The molecule has 0 bridgehead atoms. The lowest BCUT2D eigenvalue weighted by atomic mass is 11.3. The van der Waals surface area contributed by atoms with E-state index >= 15 is 0 Å². The third-order valence-corrected chi connectivity index (χ3v) is 0. The van der Waals surface area contributed by atoms with Gasteiger partial charge in [-0.1, -0.05) is 7.43 Å². The zero-order chi connectivity index (χ0) is 6.00. The molecule has 0 aromatic carbocycles. The molecule has 0 aliphatic rings. The van der Waals surface area contributed by atoms with Gasteiger partial charge < -0.3 is 5.48 Å². The summed E-state index contributed by atoms with van der Waals surface area (Å²) in [6.45, 7) is 6.00. The highest BCUT2D eigenvalue weighted by Crippen LogP contribution is 0.862. The van der Waals surface area contributed by atoms with Crippen LogP contribution in [0.1, 0.15) is 7.43 Å². The minimum absolute atomic E-state index is 0. The van der Waals surface area contributed by atoms with E-state index in [1.165, 1.54) is 0 Å². The summed E-state index contributed by atoms with van der Waals surface area (Å²) in [5, 5.41) is 12.0. The lowest BCUT2D eigenvalue weighted by molar-refractivity contribution is -0.176. The Balaban J connectivity index is -0.00000000500. The molecule has 0 aliphatic heterocycles. The fourth-order valence-electron chi connectivity index (χ4n) is 0. The molecular formula is C3H12O5. The number of hydrogen-bond acceptors (Lipinski definition) is 4. The minimum atomic E-state index is 0. The van der Waals surface area contributed by atoms with Crippen LogP contribution in [0.2, 0.25) is 0 Å². The van der Waals surface area contributed by atoms with E-state index in [1.54, 1.807) is 0 Å². The van der Waals surface area contributed by atoms with E-state index in [0.29, 0.717) is 0 Å². The average molecular weight is 128 g/mol. The van der Waals surface area contributed by atoms with Crippen molar-refractivity contribution in [3.05, 3.63) is 23.1 Å². The first-order chi connectivity index (χ1) is 3.00. The van der Waals surface area contributed by atoms with Gasteiger partial charge in [0, 0.05) is 9.93 Å². The fourth-order valence-corrected chi connectivity index (χ4v) is 0. The molecule has 0 saturated carbocycles. The van der Waals surface area contributed by atoms with Crippen molar-refractivity contribution < 1.29 is 16.0 Å².